The van der Waals surface area contributed by atoms with Crippen molar-refractivity contribution in [3.05, 3.63) is 23.8 Å². The average molecular weight is 234 g/mol. The Bertz CT molecular complexity index is 361. The van der Waals surface area contributed by atoms with Crippen molar-refractivity contribution in [2.24, 2.45) is 0 Å². The minimum absolute atomic E-state index is 0.186. The first-order valence-electron chi connectivity index (χ1n) is 4.92. The van der Waals surface area contributed by atoms with Crippen LogP contribution in [0.2, 0.25) is 0 Å². The number of halogens is 3. The van der Waals surface area contributed by atoms with Crippen molar-refractivity contribution < 1.29 is 23.0 Å². The molecule has 1 aromatic rings. The van der Waals surface area contributed by atoms with Crippen molar-refractivity contribution in [2.45, 2.75) is 32.5 Å². The van der Waals surface area contributed by atoms with E-state index in [0.717, 1.165) is 18.1 Å². The molecule has 0 saturated carbocycles. The molecular weight excluding hydrogens is 221 g/mol. The van der Waals surface area contributed by atoms with Gasteiger partial charge in [0.1, 0.15) is 0 Å². The van der Waals surface area contributed by atoms with Crippen LogP contribution < -0.4 is 4.74 Å². The average Bonchev–Trinajstić information content (AvgIpc) is 2.18. The van der Waals surface area contributed by atoms with E-state index in [1.165, 1.54) is 12.1 Å². The molecule has 1 aromatic carbocycles. The molecule has 90 valence electrons. The lowest BCUT2D eigenvalue weighted by atomic mass is 9.98. The van der Waals surface area contributed by atoms with Crippen LogP contribution in [0.5, 0.6) is 11.5 Å². The first-order valence-corrected chi connectivity index (χ1v) is 4.92. The molecule has 1 N–H and O–H groups in total. The van der Waals surface area contributed by atoms with Crippen LogP contribution in [-0.2, 0) is 0 Å². The Kier molecular flexibility index (Phi) is 3.67. The normalized spacial score (nSPS) is 13.6. The van der Waals surface area contributed by atoms with E-state index < -0.39 is 17.9 Å². The number of benzene rings is 1. The van der Waals surface area contributed by atoms with Gasteiger partial charge in [0.15, 0.2) is 11.5 Å². The molecule has 0 amide bonds. The van der Waals surface area contributed by atoms with Crippen molar-refractivity contribution in [3.63, 3.8) is 0 Å². The van der Waals surface area contributed by atoms with Crippen LogP contribution in [-0.4, -0.2) is 11.5 Å². The minimum Gasteiger partial charge on any atom is -0.504 e. The second-order valence-corrected chi connectivity index (χ2v) is 3.58. The summed E-state index contributed by atoms with van der Waals surface area (Å²) < 4.78 is 39.4. The number of aromatic hydroxyl groups is 1. The number of alkyl halides is 3. The van der Waals surface area contributed by atoms with Crippen LogP contribution in [0.4, 0.5) is 13.2 Å². The molecule has 0 bridgehead atoms. The van der Waals surface area contributed by atoms with E-state index in [1.807, 2.05) is 13.8 Å². The molecule has 2 nitrogen and oxygen atoms in total. The highest BCUT2D eigenvalue weighted by Gasteiger charge is 2.32. The molecule has 1 unspecified atom stereocenters. The van der Waals surface area contributed by atoms with E-state index in [1.54, 1.807) is 0 Å². The summed E-state index contributed by atoms with van der Waals surface area (Å²) in [6, 6.07) is 3.95. The van der Waals surface area contributed by atoms with Gasteiger partial charge in [-0.3, -0.25) is 0 Å². The fourth-order valence-electron chi connectivity index (χ4n) is 1.29. The van der Waals surface area contributed by atoms with E-state index in [2.05, 4.69) is 4.74 Å². The maximum atomic E-state index is 11.9. The van der Waals surface area contributed by atoms with Crippen LogP contribution in [0.1, 0.15) is 31.7 Å². The summed E-state index contributed by atoms with van der Waals surface area (Å²) in [4.78, 5) is 0. The van der Waals surface area contributed by atoms with Gasteiger partial charge in [0.05, 0.1) is 0 Å². The molecule has 0 spiro atoms. The van der Waals surface area contributed by atoms with Gasteiger partial charge in [0.2, 0.25) is 0 Å². The lowest BCUT2D eigenvalue weighted by molar-refractivity contribution is -0.275. The Balaban J connectivity index is 2.92. The highest BCUT2D eigenvalue weighted by Crippen LogP contribution is 2.34. The predicted molar refractivity (Wildman–Crippen MR) is 53.5 cm³/mol. The zero-order chi connectivity index (χ0) is 12.3. The number of rotatable bonds is 3. The lowest BCUT2D eigenvalue weighted by Gasteiger charge is -2.13. The Morgan fingerprint density at radius 2 is 2.00 bits per heavy atom. The minimum atomic E-state index is -4.78. The van der Waals surface area contributed by atoms with Crippen LogP contribution >= 0.6 is 0 Å². The number of hydrogen-bond donors (Lipinski definition) is 1. The molecule has 0 saturated heterocycles. The third-order valence-corrected chi connectivity index (χ3v) is 2.39. The summed E-state index contributed by atoms with van der Waals surface area (Å²) in [5.41, 5.74) is 0.787. The summed E-state index contributed by atoms with van der Waals surface area (Å²) in [5.74, 6) is -0.875. The molecule has 1 atom stereocenters. The molecule has 0 aliphatic rings. The van der Waals surface area contributed by atoms with E-state index >= 15 is 0 Å². The number of phenolic OH excluding ortho intramolecular Hbond substituents is 1. The van der Waals surface area contributed by atoms with Crippen molar-refractivity contribution in [1.82, 2.24) is 0 Å². The van der Waals surface area contributed by atoms with Gasteiger partial charge in [0, 0.05) is 0 Å². The Labute approximate surface area is 91.7 Å². The van der Waals surface area contributed by atoms with Gasteiger partial charge in [-0.1, -0.05) is 19.9 Å². The van der Waals surface area contributed by atoms with Gasteiger partial charge >= 0.3 is 6.36 Å². The first-order chi connectivity index (χ1) is 7.33. The Morgan fingerprint density at radius 1 is 1.38 bits per heavy atom. The summed E-state index contributed by atoms with van der Waals surface area (Å²) in [6.45, 7) is 3.89. The first kappa shape index (κ1) is 12.7. The third kappa shape index (κ3) is 3.32. The third-order valence-electron chi connectivity index (χ3n) is 2.39. The monoisotopic (exact) mass is 234 g/mol. The van der Waals surface area contributed by atoms with Gasteiger partial charge < -0.3 is 9.84 Å². The van der Waals surface area contributed by atoms with E-state index in [0.29, 0.717) is 0 Å². The van der Waals surface area contributed by atoms with Gasteiger partial charge in [-0.25, -0.2) is 0 Å². The zero-order valence-electron chi connectivity index (χ0n) is 9.01. The van der Waals surface area contributed by atoms with E-state index in [4.69, 9.17) is 0 Å². The van der Waals surface area contributed by atoms with Crippen molar-refractivity contribution >= 4 is 0 Å². The largest absolute Gasteiger partial charge is 0.573 e. The highest BCUT2D eigenvalue weighted by molar-refractivity contribution is 5.42. The van der Waals surface area contributed by atoms with Crippen LogP contribution in [0.15, 0.2) is 18.2 Å². The fourth-order valence-corrected chi connectivity index (χ4v) is 1.29. The summed E-state index contributed by atoms with van der Waals surface area (Å²) in [7, 11) is 0. The molecule has 16 heavy (non-hydrogen) atoms. The van der Waals surface area contributed by atoms with E-state index in [9.17, 15) is 18.3 Å². The second-order valence-electron chi connectivity index (χ2n) is 3.58. The smallest absolute Gasteiger partial charge is 0.504 e. The molecule has 0 aliphatic carbocycles. The fraction of sp³-hybridized carbons (Fsp3) is 0.455. The van der Waals surface area contributed by atoms with E-state index in [-0.39, 0.29) is 5.92 Å². The maximum Gasteiger partial charge on any atom is 0.573 e. The number of phenols is 1. The maximum absolute atomic E-state index is 11.9. The number of ether oxygens (including phenoxy) is 1. The van der Waals surface area contributed by atoms with Gasteiger partial charge in [-0.05, 0) is 30.0 Å². The molecule has 0 aliphatic heterocycles. The number of hydrogen-bond acceptors (Lipinski definition) is 2. The van der Waals surface area contributed by atoms with Crippen molar-refractivity contribution in [2.75, 3.05) is 0 Å². The predicted octanol–water partition coefficient (Wildman–Crippen LogP) is 3.80. The van der Waals surface area contributed by atoms with Crippen LogP contribution in [0, 0.1) is 0 Å². The topological polar surface area (TPSA) is 29.5 Å². The second kappa shape index (κ2) is 4.63. The van der Waals surface area contributed by atoms with Crippen LogP contribution in [0.25, 0.3) is 0 Å². The highest BCUT2D eigenvalue weighted by atomic mass is 19.4. The van der Waals surface area contributed by atoms with Gasteiger partial charge in [0.25, 0.3) is 0 Å². The molecule has 1 rings (SSSR count). The van der Waals surface area contributed by atoms with Crippen LogP contribution in [0.3, 0.4) is 0 Å². The molecule has 0 radical (unpaired) electrons. The quantitative estimate of drug-likeness (QED) is 0.861. The van der Waals surface area contributed by atoms with Crippen molar-refractivity contribution in [3.8, 4) is 11.5 Å². The Hall–Kier alpha value is -1.39. The molecule has 0 heterocycles. The molecule has 0 aromatic heterocycles. The SMILES string of the molecule is CCC(C)c1ccc(OC(F)(F)F)c(O)c1. The van der Waals surface area contributed by atoms with Gasteiger partial charge in [-0.2, -0.15) is 0 Å². The summed E-state index contributed by atoms with van der Waals surface area (Å²) in [5, 5.41) is 9.37. The lowest BCUT2D eigenvalue weighted by Crippen LogP contribution is -2.17. The standard InChI is InChI=1S/C11H13F3O2/c1-3-7(2)8-4-5-10(9(15)6-8)16-11(12,13)14/h4-7,15H,3H2,1-2H3. The Morgan fingerprint density at radius 3 is 2.44 bits per heavy atom. The van der Waals surface area contributed by atoms with Crippen molar-refractivity contribution in [1.29, 1.82) is 0 Å². The van der Waals surface area contributed by atoms with Gasteiger partial charge in [-0.15, -0.1) is 13.2 Å². The molecule has 0 fully saturated rings. The summed E-state index contributed by atoms with van der Waals surface area (Å²) in [6.07, 6.45) is -3.94. The molecule has 5 heteroatoms. The molecular formula is C11H13F3O2. The summed E-state index contributed by atoms with van der Waals surface area (Å²) >= 11 is 0. The zero-order valence-corrected chi connectivity index (χ0v) is 9.01.